The molecule has 0 aliphatic rings. The van der Waals surface area contributed by atoms with Crippen LogP contribution in [-0.2, 0) is 0 Å². The number of benzene rings is 1. The van der Waals surface area contributed by atoms with Gasteiger partial charge in [0.15, 0.2) is 5.43 Å². The van der Waals surface area contributed by atoms with Crippen LogP contribution in [0.5, 0.6) is 5.75 Å². The predicted molar refractivity (Wildman–Crippen MR) is 73.0 cm³/mol. The van der Waals surface area contributed by atoms with Gasteiger partial charge in [0.1, 0.15) is 11.6 Å². The van der Waals surface area contributed by atoms with Gasteiger partial charge in [-0.3, -0.25) is 4.79 Å². The van der Waals surface area contributed by atoms with E-state index in [9.17, 15) is 4.79 Å². The van der Waals surface area contributed by atoms with E-state index >= 15 is 0 Å². The lowest BCUT2D eigenvalue weighted by Gasteiger charge is -2.06. The largest absolute Gasteiger partial charge is 0.497 e. The number of hydrogen-bond acceptors (Lipinski definition) is 3. The molecule has 96 valence electrons. The normalized spacial score (nSPS) is 10.8. The maximum atomic E-state index is 12.1. The molecule has 1 N–H and O–H groups in total. The minimum atomic E-state index is -0.0421. The van der Waals surface area contributed by atoms with Crippen molar-refractivity contribution in [3.63, 3.8) is 0 Å². The molecule has 3 aromatic rings. The maximum Gasteiger partial charge on any atom is 0.191 e. The molecule has 5 heteroatoms. The van der Waals surface area contributed by atoms with Crippen molar-refractivity contribution in [1.29, 1.82) is 0 Å². The zero-order valence-corrected chi connectivity index (χ0v) is 10.7. The van der Waals surface area contributed by atoms with E-state index in [1.54, 1.807) is 36.1 Å². The van der Waals surface area contributed by atoms with E-state index in [0.717, 1.165) is 11.2 Å². The van der Waals surface area contributed by atoms with Crippen molar-refractivity contribution < 1.29 is 4.74 Å². The van der Waals surface area contributed by atoms with Crippen LogP contribution in [0.4, 0.5) is 0 Å². The molecule has 0 spiro atoms. The van der Waals surface area contributed by atoms with Gasteiger partial charge in [-0.15, -0.1) is 0 Å². The van der Waals surface area contributed by atoms with Crippen LogP contribution in [0.15, 0.2) is 41.3 Å². The minimum absolute atomic E-state index is 0.0421. The molecule has 2 heterocycles. The quantitative estimate of drug-likeness (QED) is 0.762. The summed E-state index contributed by atoms with van der Waals surface area (Å²) in [5.41, 5.74) is 1.58. The third kappa shape index (κ3) is 1.99. The highest BCUT2D eigenvalue weighted by atomic mass is 16.5. The molecule has 0 radical (unpaired) electrons. The molecule has 0 amide bonds. The summed E-state index contributed by atoms with van der Waals surface area (Å²) in [7, 11) is 1.60. The Morgan fingerprint density at radius 3 is 2.79 bits per heavy atom. The van der Waals surface area contributed by atoms with Crippen LogP contribution in [0, 0.1) is 6.92 Å². The van der Waals surface area contributed by atoms with Gasteiger partial charge in [0.25, 0.3) is 0 Å². The molecule has 0 atom stereocenters. The highest BCUT2D eigenvalue weighted by Crippen LogP contribution is 2.17. The van der Waals surface area contributed by atoms with Crippen molar-refractivity contribution >= 4 is 10.9 Å². The summed E-state index contributed by atoms with van der Waals surface area (Å²) < 4.78 is 6.82. The highest BCUT2D eigenvalue weighted by Gasteiger charge is 2.05. The smallest absolute Gasteiger partial charge is 0.191 e. The van der Waals surface area contributed by atoms with E-state index in [-0.39, 0.29) is 5.43 Å². The SMILES string of the molecule is COc1ccc2c(=O)cc(-n3ccc(C)n3)[nH]c2c1. The molecule has 19 heavy (non-hydrogen) atoms. The number of H-pyrrole nitrogens is 1. The van der Waals surface area contributed by atoms with E-state index in [1.807, 2.05) is 19.2 Å². The first kappa shape index (κ1) is 11.5. The Morgan fingerprint density at radius 1 is 1.26 bits per heavy atom. The van der Waals surface area contributed by atoms with E-state index in [1.165, 1.54) is 0 Å². The number of aromatic nitrogens is 3. The second-order valence-electron chi connectivity index (χ2n) is 4.33. The molecular weight excluding hydrogens is 242 g/mol. The molecular formula is C14H13N3O2. The second-order valence-corrected chi connectivity index (χ2v) is 4.33. The molecule has 0 bridgehead atoms. The van der Waals surface area contributed by atoms with Crippen molar-refractivity contribution in [2.45, 2.75) is 6.92 Å². The van der Waals surface area contributed by atoms with Gasteiger partial charge in [0.05, 0.1) is 18.3 Å². The number of nitrogens with one attached hydrogen (secondary N) is 1. The van der Waals surface area contributed by atoms with Gasteiger partial charge < -0.3 is 9.72 Å². The van der Waals surface area contributed by atoms with Crippen molar-refractivity contribution in [3.05, 3.63) is 52.4 Å². The van der Waals surface area contributed by atoms with Gasteiger partial charge >= 0.3 is 0 Å². The van der Waals surface area contributed by atoms with Crippen LogP contribution in [-0.4, -0.2) is 21.9 Å². The standard InChI is InChI=1S/C14H13N3O2/c1-9-5-6-17(16-9)14-8-13(18)11-4-3-10(19-2)7-12(11)15-14/h3-8H,1-2H3,(H,15,18). The van der Waals surface area contributed by atoms with Crippen molar-refractivity contribution in [3.8, 4) is 11.6 Å². The maximum absolute atomic E-state index is 12.1. The monoisotopic (exact) mass is 255 g/mol. The minimum Gasteiger partial charge on any atom is -0.497 e. The van der Waals surface area contributed by atoms with E-state index < -0.39 is 0 Å². The molecule has 5 nitrogen and oxygen atoms in total. The van der Waals surface area contributed by atoms with Crippen LogP contribution < -0.4 is 10.2 Å². The lowest BCUT2D eigenvalue weighted by Crippen LogP contribution is -2.08. The second kappa shape index (κ2) is 4.28. The van der Waals surface area contributed by atoms with Gasteiger partial charge in [0.2, 0.25) is 0 Å². The fraction of sp³-hybridized carbons (Fsp3) is 0.143. The van der Waals surface area contributed by atoms with Gasteiger partial charge in [-0.05, 0) is 25.1 Å². The van der Waals surface area contributed by atoms with Gasteiger partial charge in [0, 0.05) is 23.7 Å². The Kier molecular flexibility index (Phi) is 2.59. The Balaban J connectivity index is 2.25. The predicted octanol–water partition coefficient (Wildman–Crippen LogP) is 2.03. The number of fused-ring (bicyclic) bond motifs is 1. The molecule has 0 unspecified atom stereocenters. The Hall–Kier alpha value is -2.56. The average Bonchev–Trinajstić information content (AvgIpc) is 2.84. The average molecular weight is 255 g/mol. The number of nitrogens with zero attached hydrogens (tertiary/aromatic N) is 2. The molecule has 0 saturated heterocycles. The number of aromatic amines is 1. The lowest BCUT2D eigenvalue weighted by atomic mass is 10.2. The lowest BCUT2D eigenvalue weighted by molar-refractivity contribution is 0.415. The summed E-state index contributed by atoms with van der Waals surface area (Å²) in [6.45, 7) is 1.90. The van der Waals surface area contributed by atoms with Crippen LogP contribution in [0.3, 0.4) is 0 Å². The number of ether oxygens (including phenoxy) is 1. The Morgan fingerprint density at radius 2 is 2.11 bits per heavy atom. The van der Waals surface area contributed by atoms with Gasteiger partial charge in [-0.1, -0.05) is 0 Å². The first-order valence-electron chi connectivity index (χ1n) is 5.91. The number of pyridine rings is 1. The Bertz CT molecular complexity index is 802. The number of methoxy groups -OCH3 is 1. The summed E-state index contributed by atoms with van der Waals surface area (Å²) >= 11 is 0. The van der Waals surface area contributed by atoms with Gasteiger partial charge in [-0.25, -0.2) is 4.68 Å². The first-order chi connectivity index (χ1) is 9.17. The number of rotatable bonds is 2. The number of aryl methyl sites for hydroxylation is 1. The van der Waals surface area contributed by atoms with E-state index in [4.69, 9.17) is 4.74 Å². The highest BCUT2D eigenvalue weighted by molar-refractivity contribution is 5.80. The van der Waals surface area contributed by atoms with E-state index in [0.29, 0.717) is 17.0 Å². The number of hydrogen-bond donors (Lipinski definition) is 1. The van der Waals surface area contributed by atoms with Crippen molar-refractivity contribution in [2.75, 3.05) is 7.11 Å². The molecule has 1 aromatic carbocycles. The molecule has 0 saturated carbocycles. The first-order valence-corrected chi connectivity index (χ1v) is 5.91. The third-order valence-corrected chi connectivity index (χ3v) is 2.99. The zero-order valence-electron chi connectivity index (χ0n) is 10.7. The molecule has 0 aliphatic carbocycles. The van der Waals surface area contributed by atoms with Crippen molar-refractivity contribution in [1.82, 2.24) is 14.8 Å². The van der Waals surface area contributed by atoms with Crippen LogP contribution in [0.25, 0.3) is 16.7 Å². The van der Waals surface area contributed by atoms with Crippen LogP contribution >= 0.6 is 0 Å². The zero-order chi connectivity index (χ0) is 13.4. The molecule has 0 aliphatic heterocycles. The molecule has 0 fully saturated rings. The summed E-state index contributed by atoms with van der Waals surface area (Å²) in [6, 6.07) is 8.76. The van der Waals surface area contributed by atoms with Gasteiger partial charge in [-0.2, -0.15) is 5.10 Å². The summed E-state index contributed by atoms with van der Waals surface area (Å²) in [4.78, 5) is 15.3. The van der Waals surface area contributed by atoms with Crippen LogP contribution in [0.2, 0.25) is 0 Å². The molecule has 3 rings (SSSR count). The summed E-state index contributed by atoms with van der Waals surface area (Å²) in [5.74, 6) is 1.34. The third-order valence-electron chi connectivity index (χ3n) is 2.99. The fourth-order valence-corrected chi connectivity index (χ4v) is 2.02. The van der Waals surface area contributed by atoms with Crippen LogP contribution in [0.1, 0.15) is 5.69 Å². The molecule has 2 aromatic heterocycles. The van der Waals surface area contributed by atoms with Crippen molar-refractivity contribution in [2.24, 2.45) is 0 Å². The van der Waals surface area contributed by atoms with E-state index in [2.05, 4.69) is 10.1 Å². The summed E-state index contributed by atoms with van der Waals surface area (Å²) in [5, 5.41) is 4.92. The Labute approximate surface area is 109 Å². The fourth-order valence-electron chi connectivity index (χ4n) is 2.02. The summed E-state index contributed by atoms with van der Waals surface area (Å²) in [6.07, 6.45) is 1.81. The topological polar surface area (TPSA) is 59.9 Å².